The number of aromatic nitrogens is 1. The summed E-state index contributed by atoms with van der Waals surface area (Å²) < 4.78 is 32.9. The van der Waals surface area contributed by atoms with Crippen LogP contribution in [0.4, 0.5) is 5.69 Å². The number of pyridine rings is 1. The number of methoxy groups -OCH3 is 1. The van der Waals surface area contributed by atoms with E-state index in [9.17, 15) is 13.2 Å². The minimum atomic E-state index is -3.67. The number of piperidine rings is 1. The van der Waals surface area contributed by atoms with Crippen molar-refractivity contribution in [3.63, 3.8) is 0 Å². The van der Waals surface area contributed by atoms with Crippen molar-refractivity contribution in [1.82, 2.24) is 9.29 Å². The standard InChI is InChI=1S/C21H25N3O4S/c1-16-4-5-17(14-22-16)24-13-11-21(20(24)25)10-3-12-23(15-21)29(26,27)19-8-6-18(28-2)7-9-19/h4-9,14H,3,10-13,15H2,1-2H3. The van der Waals surface area contributed by atoms with Gasteiger partial charge in [0.2, 0.25) is 15.9 Å². The molecule has 2 fully saturated rings. The van der Waals surface area contributed by atoms with Gasteiger partial charge in [-0.1, -0.05) is 0 Å². The Balaban J connectivity index is 1.57. The summed E-state index contributed by atoms with van der Waals surface area (Å²) in [5, 5.41) is 0. The molecule has 0 N–H and O–H groups in total. The molecule has 8 heteroatoms. The first-order chi connectivity index (χ1) is 13.9. The van der Waals surface area contributed by atoms with Crippen LogP contribution < -0.4 is 9.64 Å². The lowest BCUT2D eigenvalue weighted by Crippen LogP contribution is -2.49. The maximum absolute atomic E-state index is 13.3. The third kappa shape index (κ3) is 3.51. The Morgan fingerprint density at radius 2 is 1.83 bits per heavy atom. The van der Waals surface area contributed by atoms with Crippen LogP contribution in [0.2, 0.25) is 0 Å². The summed E-state index contributed by atoms with van der Waals surface area (Å²) in [6.45, 7) is 3.13. The Kier molecular flexibility index (Phi) is 5.08. The van der Waals surface area contributed by atoms with Crippen molar-refractivity contribution >= 4 is 21.6 Å². The molecule has 1 amide bonds. The number of carbonyl (C=O) groups excluding carboxylic acids is 1. The molecule has 7 nitrogen and oxygen atoms in total. The number of rotatable bonds is 4. The summed E-state index contributed by atoms with van der Waals surface area (Å²) in [4.78, 5) is 19.6. The molecule has 29 heavy (non-hydrogen) atoms. The Bertz CT molecular complexity index is 1010. The highest BCUT2D eigenvalue weighted by molar-refractivity contribution is 7.89. The number of carbonyl (C=O) groups is 1. The average Bonchev–Trinajstić information content (AvgIpc) is 3.04. The van der Waals surface area contributed by atoms with Crippen molar-refractivity contribution in [2.24, 2.45) is 5.41 Å². The maximum atomic E-state index is 13.3. The van der Waals surface area contributed by atoms with Gasteiger partial charge in [0.1, 0.15) is 5.75 Å². The second kappa shape index (κ2) is 7.42. The lowest BCUT2D eigenvalue weighted by atomic mass is 9.79. The van der Waals surface area contributed by atoms with Gasteiger partial charge in [0.15, 0.2) is 0 Å². The molecule has 1 spiro atoms. The monoisotopic (exact) mass is 415 g/mol. The van der Waals surface area contributed by atoms with Crippen LogP contribution in [0.1, 0.15) is 25.0 Å². The molecule has 2 aromatic rings. The molecule has 2 aliphatic heterocycles. The Labute approximate surface area is 171 Å². The van der Waals surface area contributed by atoms with E-state index in [2.05, 4.69) is 4.98 Å². The first-order valence-corrected chi connectivity index (χ1v) is 11.2. The zero-order chi connectivity index (χ0) is 20.6. The van der Waals surface area contributed by atoms with Crippen LogP contribution in [-0.4, -0.2) is 50.4 Å². The molecule has 0 radical (unpaired) electrons. The highest BCUT2D eigenvalue weighted by Gasteiger charge is 2.51. The van der Waals surface area contributed by atoms with E-state index < -0.39 is 15.4 Å². The van der Waals surface area contributed by atoms with E-state index in [4.69, 9.17) is 4.74 Å². The molecule has 3 heterocycles. The first kappa shape index (κ1) is 19.8. The van der Waals surface area contributed by atoms with Crippen LogP contribution >= 0.6 is 0 Å². The van der Waals surface area contributed by atoms with E-state index in [1.54, 1.807) is 42.5 Å². The van der Waals surface area contributed by atoms with Crippen molar-refractivity contribution in [2.45, 2.75) is 31.1 Å². The highest BCUT2D eigenvalue weighted by atomic mass is 32.2. The first-order valence-electron chi connectivity index (χ1n) is 9.75. The zero-order valence-electron chi connectivity index (χ0n) is 16.7. The van der Waals surface area contributed by atoms with E-state index in [0.717, 1.165) is 11.4 Å². The van der Waals surface area contributed by atoms with E-state index in [1.807, 2.05) is 19.1 Å². The number of benzene rings is 1. The van der Waals surface area contributed by atoms with Crippen LogP contribution in [0.3, 0.4) is 0 Å². The third-order valence-corrected chi connectivity index (χ3v) is 7.82. The molecule has 1 atom stereocenters. The Morgan fingerprint density at radius 3 is 2.48 bits per heavy atom. The van der Waals surface area contributed by atoms with Crippen LogP contribution in [-0.2, 0) is 14.8 Å². The zero-order valence-corrected chi connectivity index (χ0v) is 17.5. The summed E-state index contributed by atoms with van der Waals surface area (Å²) in [6, 6.07) is 10.2. The molecule has 0 saturated carbocycles. The lowest BCUT2D eigenvalue weighted by Gasteiger charge is -2.38. The Morgan fingerprint density at radius 1 is 1.07 bits per heavy atom. The van der Waals surface area contributed by atoms with E-state index in [-0.39, 0.29) is 17.3 Å². The fraction of sp³-hybridized carbons (Fsp3) is 0.429. The molecular weight excluding hydrogens is 390 g/mol. The van der Waals surface area contributed by atoms with Crippen molar-refractivity contribution in [3.05, 3.63) is 48.3 Å². The molecule has 2 aliphatic rings. The number of amides is 1. The van der Waals surface area contributed by atoms with Gasteiger partial charge in [0.25, 0.3) is 0 Å². The third-order valence-electron chi connectivity index (χ3n) is 5.96. The number of hydrogen-bond acceptors (Lipinski definition) is 5. The Hall–Kier alpha value is -2.45. The van der Waals surface area contributed by atoms with Crippen molar-refractivity contribution < 1.29 is 17.9 Å². The average molecular weight is 416 g/mol. The van der Waals surface area contributed by atoms with Gasteiger partial charge in [-0.25, -0.2) is 8.42 Å². The maximum Gasteiger partial charge on any atom is 0.243 e. The number of nitrogens with zero attached hydrogens (tertiary/aromatic N) is 3. The minimum Gasteiger partial charge on any atom is -0.497 e. The number of hydrogen-bond donors (Lipinski definition) is 0. The molecule has 1 aromatic heterocycles. The summed E-state index contributed by atoms with van der Waals surface area (Å²) in [5.41, 5.74) is 1.00. The van der Waals surface area contributed by atoms with E-state index in [0.29, 0.717) is 38.1 Å². The molecule has 4 rings (SSSR count). The second-order valence-corrected chi connectivity index (χ2v) is 9.70. The lowest BCUT2D eigenvalue weighted by molar-refractivity contribution is -0.127. The number of aryl methyl sites for hydroxylation is 1. The van der Waals surface area contributed by atoms with Crippen LogP contribution in [0.15, 0.2) is 47.5 Å². The second-order valence-electron chi connectivity index (χ2n) is 7.76. The van der Waals surface area contributed by atoms with E-state index >= 15 is 0 Å². The normalized spacial score (nSPS) is 23.0. The van der Waals surface area contributed by atoms with Crippen LogP contribution in [0, 0.1) is 12.3 Å². The number of sulfonamides is 1. The molecule has 2 saturated heterocycles. The van der Waals surface area contributed by atoms with Gasteiger partial charge >= 0.3 is 0 Å². The minimum absolute atomic E-state index is 0.00205. The van der Waals surface area contributed by atoms with Gasteiger partial charge in [-0.3, -0.25) is 9.78 Å². The van der Waals surface area contributed by atoms with Gasteiger partial charge in [-0.2, -0.15) is 4.31 Å². The van der Waals surface area contributed by atoms with Gasteiger partial charge in [0.05, 0.1) is 29.3 Å². The van der Waals surface area contributed by atoms with Crippen LogP contribution in [0.5, 0.6) is 5.75 Å². The van der Waals surface area contributed by atoms with Gasteiger partial charge in [-0.15, -0.1) is 0 Å². The van der Waals surface area contributed by atoms with Gasteiger partial charge < -0.3 is 9.64 Å². The molecule has 154 valence electrons. The van der Waals surface area contributed by atoms with Crippen molar-refractivity contribution in [2.75, 3.05) is 31.6 Å². The number of ether oxygens (including phenoxy) is 1. The SMILES string of the molecule is COc1ccc(S(=O)(=O)N2CCCC3(CCN(c4ccc(C)nc4)C3=O)C2)cc1. The molecular formula is C21H25N3O4S. The fourth-order valence-electron chi connectivity index (χ4n) is 4.26. The van der Waals surface area contributed by atoms with Crippen molar-refractivity contribution in [1.29, 1.82) is 0 Å². The molecule has 1 unspecified atom stereocenters. The molecule has 0 bridgehead atoms. The predicted octanol–water partition coefficient (Wildman–Crippen LogP) is 2.61. The smallest absolute Gasteiger partial charge is 0.243 e. The summed E-state index contributed by atoms with van der Waals surface area (Å²) in [6.07, 6.45) is 3.73. The predicted molar refractivity (Wildman–Crippen MR) is 109 cm³/mol. The topological polar surface area (TPSA) is 79.8 Å². The number of anilines is 1. The highest BCUT2D eigenvalue weighted by Crippen LogP contribution is 2.43. The van der Waals surface area contributed by atoms with Gasteiger partial charge in [-0.05, 0) is 62.6 Å². The largest absolute Gasteiger partial charge is 0.497 e. The summed E-state index contributed by atoms with van der Waals surface area (Å²) in [5.74, 6) is 0.602. The van der Waals surface area contributed by atoms with Crippen LogP contribution in [0.25, 0.3) is 0 Å². The summed E-state index contributed by atoms with van der Waals surface area (Å²) >= 11 is 0. The molecule has 0 aliphatic carbocycles. The summed E-state index contributed by atoms with van der Waals surface area (Å²) in [7, 11) is -2.13. The molecule has 1 aromatic carbocycles. The van der Waals surface area contributed by atoms with Gasteiger partial charge in [0, 0.05) is 25.3 Å². The fourth-order valence-corrected chi connectivity index (χ4v) is 5.82. The van der Waals surface area contributed by atoms with Crippen molar-refractivity contribution in [3.8, 4) is 5.75 Å². The quantitative estimate of drug-likeness (QED) is 0.767. The van der Waals surface area contributed by atoms with E-state index in [1.165, 1.54) is 4.31 Å².